The van der Waals surface area contributed by atoms with Gasteiger partial charge >= 0.3 is 6.03 Å². The van der Waals surface area contributed by atoms with E-state index in [2.05, 4.69) is 10.6 Å². The highest BCUT2D eigenvalue weighted by molar-refractivity contribution is 6.31. The van der Waals surface area contributed by atoms with E-state index < -0.39 is 0 Å². The van der Waals surface area contributed by atoms with E-state index in [9.17, 15) is 4.79 Å². The van der Waals surface area contributed by atoms with Crippen molar-refractivity contribution in [3.8, 4) is 0 Å². The Morgan fingerprint density at radius 3 is 1.92 bits per heavy atom. The molecule has 0 heterocycles. The molecular formula is C22H21ClN2O. The summed E-state index contributed by atoms with van der Waals surface area (Å²) in [5.41, 5.74) is 3.11. The van der Waals surface area contributed by atoms with Crippen LogP contribution in [0.3, 0.4) is 0 Å². The summed E-state index contributed by atoms with van der Waals surface area (Å²) in [4.78, 5) is 12.4. The van der Waals surface area contributed by atoms with E-state index in [0.717, 1.165) is 21.7 Å². The minimum atomic E-state index is -0.199. The first-order valence-electron chi connectivity index (χ1n) is 8.61. The molecule has 3 aromatic carbocycles. The van der Waals surface area contributed by atoms with Gasteiger partial charge in [-0.2, -0.15) is 0 Å². The van der Waals surface area contributed by atoms with Crippen molar-refractivity contribution < 1.29 is 4.79 Å². The number of amides is 2. The van der Waals surface area contributed by atoms with Crippen LogP contribution in [-0.4, -0.2) is 12.6 Å². The third-order valence-electron chi connectivity index (χ3n) is 4.18. The highest BCUT2D eigenvalue weighted by Gasteiger charge is 2.16. The lowest BCUT2D eigenvalue weighted by molar-refractivity contribution is 0.239. The van der Waals surface area contributed by atoms with Crippen molar-refractivity contribution in [2.45, 2.75) is 12.5 Å². The number of carbonyl (C=O) groups is 1. The Kier molecular flexibility index (Phi) is 6.29. The number of halogens is 1. The summed E-state index contributed by atoms with van der Waals surface area (Å²) in [5.74, 6) is 0. The van der Waals surface area contributed by atoms with Crippen LogP contribution in [0.4, 0.5) is 4.79 Å². The van der Waals surface area contributed by atoms with Gasteiger partial charge in [0.15, 0.2) is 0 Å². The largest absolute Gasteiger partial charge is 0.338 e. The van der Waals surface area contributed by atoms with Gasteiger partial charge in [-0.25, -0.2) is 4.79 Å². The van der Waals surface area contributed by atoms with E-state index in [4.69, 9.17) is 11.6 Å². The first kappa shape index (κ1) is 18.0. The van der Waals surface area contributed by atoms with Crippen LogP contribution in [0, 0.1) is 0 Å². The van der Waals surface area contributed by atoms with Gasteiger partial charge in [0.25, 0.3) is 0 Å². The van der Waals surface area contributed by atoms with Crippen molar-refractivity contribution in [1.82, 2.24) is 10.6 Å². The average Bonchev–Trinajstić information content (AvgIpc) is 2.69. The predicted molar refractivity (Wildman–Crippen MR) is 106 cm³/mol. The molecule has 0 saturated carbocycles. The molecule has 132 valence electrons. The number of rotatable bonds is 6. The van der Waals surface area contributed by atoms with Crippen LogP contribution in [0.25, 0.3) is 0 Å². The molecule has 0 aromatic heterocycles. The van der Waals surface area contributed by atoms with E-state index >= 15 is 0 Å². The minimum absolute atomic E-state index is 0.197. The lowest BCUT2D eigenvalue weighted by Gasteiger charge is -2.20. The van der Waals surface area contributed by atoms with Crippen molar-refractivity contribution in [1.29, 1.82) is 0 Å². The van der Waals surface area contributed by atoms with Crippen molar-refractivity contribution in [3.63, 3.8) is 0 Å². The van der Waals surface area contributed by atoms with Gasteiger partial charge in [-0.15, -0.1) is 0 Å². The summed E-state index contributed by atoms with van der Waals surface area (Å²) >= 11 is 6.16. The van der Waals surface area contributed by atoms with Gasteiger partial charge < -0.3 is 10.6 Å². The van der Waals surface area contributed by atoms with Crippen LogP contribution >= 0.6 is 11.6 Å². The van der Waals surface area contributed by atoms with Crippen LogP contribution in [0.15, 0.2) is 84.9 Å². The average molecular weight is 365 g/mol. The minimum Gasteiger partial charge on any atom is -0.338 e. The Balaban J connectivity index is 1.63. The molecule has 0 radical (unpaired) electrons. The molecule has 0 saturated heterocycles. The molecule has 3 nitrogen and oxygen atoms in total. The molecular weight excluding hydrogens is 344 g/mol. The van der Waals surface area contributed by atoms with Crippen molar-refractivity contribution in [2.24, 2.45) is 0 Å². The van der Waals surface area contributed by atoms with E-state index in [1.54, 1.807) is 0 Å². The number of urea groups is 1. The monoisotopic (exact) mass is 364 g/mol. The predicted octanol–water partition coefficient (Wildman–Crippen LogP) is 4.97. The molecule has 26 heavy (non-hydrogen) atoms. The Morgan fingerprint density at radius 1 is 0.808 bits per heavy atom. The fraction of sp³-hybridized carbons (Fsp3) is 0.136. The maximum Gasteiger partial charge on any atom is 0.315 e. The van der Waals surface area contributed by atoms with Crippen LogP contribution in [-0.2, 0) is 6.42 Å². The van der Waals surface area contributed by atoms with Crippen LogP contribution < -0.4 is 10.6 Å². The van der Waals surface area contributed by atoms with Crippen LogP contribution in [0.2, 0.25) is 5.02 Å². The second-order valence-electron chi connectivity index (χ2n) is 6.00. The summed E-state index contributed by atoms with van der Waals surface area (Å²) in [6, 6.07) is 27.2. The van der Waals surface area contributed by atoms with E-state index in [1.807, 2.05) is 84.9 Å². The standard InChI is InChI=1S/C22H21ClN2O/c23-20-14-8-7-9-17(20)15-16-24-22(26)25-21(18-10-3-1-4-11-18)19-12-5-2-6-13-19/h1-14,21H,15-16H2,(H2,24,25,26). The van der Waals surface area contributed by atoms with Gasteiger partial charge in [0.1, 0.15) is 0 Å². The fourth-order valence-electron chi connectivity index (χ4n) is 2.84. The highest BCUT2D eigenvalue weighted by atomic mass is 35.5. The first-order chi connectivity index (χ1) is 12.7. The smallest absolute Gasteiger partial charge is 0.315 e. The summed E-state index contributed by atoms with van der Waals surface area (Å²) < 4.78 is 0. The van der Waals surface area contributed by atoms with Gasteiger partial charge in [-0.1, -0.05) is 90.5 Å². The third-order valence-corrected chi connectivity index (χ3v) is 4.55. The maximum atomic E-state index is 12.4. The lowest BCUT2D eigenvalue weighted by Crippen LogP contribution is -2.39. The SMILES string of the molecule is O=C(NCCc1ccccc1Cl)NC(c1ccccc1)c1ccccc1. The van der Waals surface area contributed by atoms with Gasteiger partial charge in [-0.3, -0.25) is 0 Å². The zero-order valence-corrected chi connectivity index (χ0v) is 15.1. The number of nitrogens with one attached hydrogen (secondary N) is 2. The number of hydrogen-bond acceptors (Lipinski definition) is 1. The summed E-state index contributed by atoms with van der Waals surface area (Å²) in [6.45, 7) is 0.520. The molecule has 0 aliphatic rings. The quantitative estimate of drug-likeness (QED) is 0.637. The van der Waals surface area contributed by atoms with Gasteiger partial charge in [0.2, 0.25) is 0 Å². The molecule has 0 atom stereocenters. The topological polar surface area (TPSA) is 41.1 Å². The zero-order valence-electron chi connectivity index (χ0n) is 14.4. The molecule has 0 unspecified atom stereocenters. The Morgan fingerprint density at radius 2 is 1.35 bits per heavy atom. The highest BCUT2D eigenvalue weighted by Crippen LogP contribution is 2.21. The maximum absolute atomic E-state index is 12.4. The summed E-state index contributed by atoms with van der Waals surface area (Å²) in [6.07, 6.45) is 0.689. The van der Waals surface area contributed by atoms with E-state index in [-0.39, 0.29) is 12.1 Å². The lowest BCUT2D eigenvalue weighted by atomic mass is 9.99. The molecule has 0 aliphatic carbocycles. The number of benzene rings is 3. The summed E-state index contributed by atoms with van der Waals surface area (Å²) in [7, 11) is 0. The first-order valence-corrected chi connectivity index (χ1v) is 8.99. The van der Waals surface area contributed by atoms with Crippen molar-refractivity contribution >= 4 is 17.6 Å². The van der Waals surface area contributed by atoms with Gasteiger partial charge in [0.05, 0.1) is 6.04 Å². The Hall–Kier alpha value is -2.78. The molecule has 0 bridgehead atoms. The molecule has 3 rings (SSSR count). The normalized spacial score (nSPS) is 10.5. The van der Waals surface area contributed by atoms with Gasteiger partial charge in [0, 0.05) is 11.6 Å². The third kappa shape index (κ3) is 4.87. The Bertz CT molecular complexity index is 798. The number of carbonyl (C=O) groups excluding carboxylic acids is 1. The van der Waals surface area contributed by atoms with Crippen molar-refractivity contribution in [3.05, 3.63) is 107 Å². The zero-order chi connectivity index (χ0) is 18.2. The van der Waals surface area contributed by atoms with E-state index in [1.165, 1.54) is 0 Å². The molecule has 4 heteroatoms. The second-order valence-corrected chi connectivity index (χ2v) is 6.40. The number of hydrogen-bond donors (Lipinski definition) is 2. The molecule has 2 amide bonds. The van der Waals surface area contributed by atoms with E-state index in [0.29, 0.717) is 13.0 Å². The molecule has 3 aromatic rings. The Labute approximate surface area is 159 Å². The fourth-order valence-corrected chi connectivity index (χ4v) is 3.07. The van der Waals surface area contributed by atoms with Crippen LogP contribution in [0.1, 0.15) is 22.7 Å². The second kappa shape index (κ2) is 9.07. The van der Waals surface area contributed by atoms with Crippen LogP contribution in [0.5, 0.6) is 0 Å². The van der Waals surface area contributed by atoms with Crippen molar-refractivity contribution in [2.75, 3.05) is 6.54 Å². The molecule has 0 fully saturated rings. The summed E-state index contributed by atoms with van der Waals surface area (Å²) in [5, 5.41) is 6.71. The molecule has 0 spiro atoms. The molecule has 2 N–H and O–H groups in total. The van der Waals surface area contributed by atoms with Gasteiger partial charge in [-0.05, 0) is 29.2 Å². The molecule has 0 aliphatic heterocycles.